The van der Waals surface area contributed by atoms with Crippen LogP contribution in [0.5, 0.6) is 0 Å². The molecule has 194 valence electrons. The van der Waals surface area contributed by atoms with Crippen molar-refractivity contribution in [2.45, 2.75) is 60.9 Å². The molecule has 17 nitrogen and oxygen atoms in total. The molecular weight excluding hydrogens is 460 g/mol. The second-order valence-electron chi connectivity index (χ2n) is 7.40. The number of hydrogen-bond donors (Lipinski definition) is 10. The number of nitrogens with two attached hydrogens (primary N) is 1. The highest BCUT2D eigenvalue weighted by molar-refractivity contribution is 5.69. The molecule has 0 aromatic carbocycles. The average Bonchev–Trinajstić information content (AvgIpc) is 3.04. The summed E-state index contributed by atoms with van der Waals surface area (Å²) in [6.45, 7) is -3.83. The summed E-state index contributed by atoms with van der Waals surface area (Å²) < 4.78 is 15.8. The molecule has 2 amide bonds. The molecule has 0 bridgehead atoms. The number of hydrogen-bond acceptors (Lipinski definition) is 15. The van der Waals surface area contributed by atoms with E-state index in [0.717, 1.165) is 0 Å². The first kappa shape index (κ1) is 28.0. The number of hydroxylamine groups is 2. The van der Waals surface area contributed by atoms with Crippen molar-refractivity contribution in [3.63, 3.8) is 0 Å². The predicted molar refractivity (Wildman–Crippen MR) is 98.0 cm³/mol. The molecule has 33 heavy (non-hydrogen) atoms. The topological polar surface area (TPSA) is 275 Å². The van der Waals surface area contributed by atoms with Crippen LogP contribution in [-0.2, 0) is 23.9 Å². The van der Waals surface area contributed by atoms with Crippen molar-refractivity contribution in [3.05, 3.63) is 0 Å². The van der Waals surface area contributed by atoms with Gasteiger partial charge in [-0.05, 0) is 0 Å². The quantitative estimate of drug-likeness (QED) is 0.120. The number of carbonyl (C=O) groups is 1. The summed E-state index contributed by atoms with van der Waals surface area (Å²) in [4.78, 5) is 21.1. The number of primary amides is 1. The van der Waals surface area contributed by atoms with Crippen LogP contribution >= 0.6 is 0 Å². The second kappa shape index (κ2) is 11.9. The van der Waals surface area contributed by atoms with Gasteiger partial charge in [-0.25, -0.2) is 14.5 Å². The van der Waals surface area contributed by atoms with E-state index in [-0.39, 0.29) is 5.23 Å². The number of ether oxygens (including phenoxy) is 3. The molecule has 10 atom stereocenters. The van der Waals surface area contributed by atoms with Crippen molar-refractivity contribution in [3.8, 4) is 0 Å². The maximum absolute atomic E-state index is 11.4. The zero-order valence-corrected chi connectivity index (χ0v) is 17.2. The van der Waals surface area contributed by atoms with Crippen LogP contribution in [0, 0.1) is 0 Å². The van der Waals surface area contributed by atoms with Crippen LogP contribution in [0.2, 0.25) is 0 Å². The zero-order valence-electron chi connectivity index (χ0n) is 17.2. The number of urea groups is 1. The number of amides is 2. The van der Waals surface area contributed by atoms with Crippen LogP contribution in [0.4, 0.5) is 4.79 Å². The first-order chi connectivity index (χ1) is 15.5. The lowest BCUT2D eigenvalue weighted by molar-refractivity contribution is -0.396. The highest BCUT2D eigenvalue weighted by Crippen LogP contribution is 2.36. The molecular formula is C16H30N2O15. The van der Waals surface area contributed by atoms with Crippen LogP contribution < -0.4 is 5.73 Å². The standard InChI is InChI=1S/C16H30N2O15/c17-15(28)18(29-3-6(22)1-19)30-4-8-9(23)11(25)12(26)14(31-8)33-16(5-21)13(27)10(24)7(2-20)32-16/h6-14,19-27H,1-5H2,(H2,17,28)/t6?,7-,8-,9-,10-,11+,12-,13+,14-,16+/m1/s1. The molecule has 17 heteroatoms. The van der Waals surface area contributed by atoms with Crippen molar-refractivity contribution in [2.24, 2.45) is 5.73 Å². The summed E-state index contributed by atoms with van der Waals surface area (Å²) in [6, 6.07) is -1.29. The van der Waals surface area contributed by atoms with Gasteiger partial charge in [0.25, 0.3) is 0 Å². The minimum absolute atomic E-state index is 0.115. The normalized spacial score (nSPS) is 40.0. The SMILES string of the molecule is NC(=O)N(OCC(O)CO)OC[C@H]1O[C@H](O[C@]2(CO)O[C@H](CO)[C@@H](O)[C@@H]2O)[C@H](O)[C@@H](O)[C@@H]1O. The molecule has 2 heterocycles. The Balaban J connectivity index is 2.09. The number of carbonyl (C=O) groups excluding carboxylic acids is 1. The lowest BCUT2D eigenvalue weighted by Gasteiger charge is -2.43. The molecule has 0 aliphatic carbocycles. The molecule has 2 fully saturated rings. The van der Waals surface area contributed by atoms with Crippen LogP contribution in [0.25, 0.3) is 0 Å². The lowest BCUT2D eigenvalue weighted by Crippen LogP contribution is -2.63. The molecule has 2 aliphatic heterocycles. The molecule has 0 aromatic rings. The van der Waals surface area contributed by atoms with Gasteiger partial charge in [0, 0.05) is 0 Å². The maximum Gasteiger partial charge on any atom is 0.364 e. The van der Waals surface area contributed by atoms with Gasteiger partial charge in [0.05, 0.1) is 13.2 Å². The fourth-order valence-electron chi connectivity index (χ4n) is 3.13. The Labute approximate surface area is 186 Å². The highest BCUT2D eigenvalue weighted by atomic mass is 17.0. The first-order valence-corrected chi connectivity index (χ1v) is 9.78. The van der Waals surface area contributed by atoms with Gasteiger partial charge in [0.15, 0.2) is 6.29 Å². The first-order valence-electron chi connectivity index (χ1n) is 9.78. The van der Waals surface area contributed by atoms with Gasteiger partial charge in [-0.1, -0.05) is 5.23 Å². The summed E-state index contributed by atoms with van der Waals surface area (Å²) in [5.41, 5.74) is 5.05. The minimum Gasteiger partial charge on any atom is -0.394 e. The molecule has 0 radical (unpaired) electrons. The van der Waals surface area contributed by atoms with Crippen LogP contribution in [0.15, 0.2) is 0 Å². The molecule has 0 spiro atoms. The van der Waals surface area contributed by atoms with E-state index in [2.05, 4.69) is 0 Å². The molecule has 2 aliphatic rings. The van der Waals surface area contributed by atoms with E-state index >= 15 is 0 Å². The van der Waals surface area contributed by atoms with E-state index in [1.807, 2.05) is 0 Å². The monoisotopic (exact) mass is 490 g/mol. The molecule has 2 rings (SSSR count). The second-order valence-corrected chi connectivity index (χ2v) is 7.40. The van der Waals surface area contributed by atoms with Crippen LogP contribution in [-0.4, -0.2) is 151 Å². The van der Waals surface area contributed by atoms with E-state index in [1.165, 1.54) is 0 Å². The zero-order chi connectivity index (χ0) is 24.9. The number of nitrogens with zero attached hydrogens (tertiary/aromatic N) is 1. The summed E-state index contributed by atoms with van der Waals surface area (Å²) in [6.07, 6.45) is -15.3. The van der Waals surface area contributed by atoms with Crippen molar-refractivity contribution in [1.29, 1.82) is 0 Å². The smallest absolute Gasteiger partial charge is 0.364 e. The summed E-state index contributed by atoms with van der Waals surface area (Å²) in [5.74, 6) is -2.37. The fourth-order valence-corrected chi connectivity index (χ4v) is 3.13. The van der Waals surface area contributed by atoms with Crippen LogP contribution in [0.3, 0.4) is 0 Å². The van der Waals surface area contributed by atoms with Gasteiger partial charge in [0.2, 0.25) is 5.79 Å². The number of aliphatic hydroxyl groups is 9. The van der Waals surface area contributed by atoms with E-state index in [0.29, 0.717) is 0 Å². The third-order valence-electron chi connectivity index (χ3n) is 5.02. The lowest BCUT2D eigenvalue weighted by atomic mass is 9.99. The third kappa shape index (κ3) is 6.24. The van der Waals surface area contributed by atoms with Crippen molar-refractivity contribution >= 4 is 6.03 Å². The average molecular weight is 490 g/mol. The predicted octanol–water partition coefficient (Wildman–Crippen LogP) is -6.79. The molecule has 1 unspecified atom stereocenters. The molecule has 2 saturated heterocycles. The van der Waals surface area contributed by atoms with Gasteiger partial charge < -0.3 is 65.9 Å². The van der Waals surface area contributed by atoms with E-state index in [4.69, 9.17) is 34.7 Å². The van der Waals surface area contributed by atoms with E-state index in [9.17, 15) is 45.6 Å². The van der Waals surface area contributed by atoms with Gasteiger partial charge in [-0.15, -0.1) is 0 Å². The van der Waals surface area contributed by atoms with Gasteiger partial charge in [0.1, 0.15) is 68.7 Å². The number of rotatable bonds is 11. The Morgan fingerprint density at radius 3 is 2.18 bits per heavy atom. The van der Waals surface area contributed by atoms with Crippen LogP contribution in [0.1, 0.15) is 0 Å². The third-order valence-corrected chi connectivity index (χ3v) is 5.02. The van der Waals surface area contributed by atoms with Crippen molar-refractivity contribution < 1.29 is 74.6 Å². The summed E-state index contributed by atoms with van der Waals surface area (Å²) in [7, 11) is 0. The summed E-state index contributed by atoms with van der Waals surface area (Å²) in [5, 5.41) is 87.8. The fraction of sp³-hybridized carbons (Fsp3) is 0.938. The Hall–Kier alpha value is -1.29. The van der Waals surface area contributed by atoms with Gasteiger partial charge >= 0.3 is 6.03 Å². The van der Waals surface area contributed by atoms with E-state index in [1.54, 1.807) is 0 Å². The molecule has 0 saturated carbocycles. The van der Waals surface area contributed by atoms with Crippen molar-refractivity contribution in [1.82, 2.24) is 5.23 Å². The number of aliphatic hydroxyl groups excluding tert-OH is 9. The largest absolute Gasteiger partial charge is 0.394 e. The van der Waals surface area contributed by atoms with E-state index < -0.39 is 100.0 Å². The Morgan fingerprint density at radius 2 is 1.67 bits per heavy atom. The Bertz CT molecular complexity index is 631. The maximum atomic E-state index is 11.4. The van der Waals surface area contributed by atoms with Gasteiger partial charge in [-0.3, -0.25) is 0 Å². The Morgan fingerprint density at radius 1 is 1.00 bits per heavy atom. The minimum atomic E-state index is -2.37. The molecule has 11 N–H and O–H groups in total. The highest BCUT2D eigenvalue weighted by Gasteiger charge is 2.58. The Kier molecular flexibility index (Phi) is 10.1. The molecule has 0 aromatic heterocycles. The summed E-state index contributed by atoms with van der Waals surface area (Å²) >= 11 is 0. The van der Waals surface area contributed by atoms with Gasteiger partial charge in [-0.2, -0.15) is 0 Å². The van der Waals surface area contributed by atoms with Crippen molar-refractivity contribution in [2.75, 3.05) is 33.0 Å².